The minimum Gasteiger partial charge on any atom is -0.478 e. The molecule has 1 aromatic heterocycles. The number of aryl methyl sites for hydroxylation is 2. The van der Waals surface area contributed by atoms with Crippen molar-refractivity contribution < 1.29 is 18.3 Å². The van der Waals surface area contributed by atoms with Crippen LogP contribution in [0, 0.1) is 19.8 Å². The molecule has 2 aliphatic heterocycles. The van der Waals surface area contributed by atoms with E-state index in [9.17, 15) is 18.3 Å². The van der Waals surface area contributed by atoms with Gasteiger partial charge in [0.05, 0.1) is 16.8 Å². The summed E-state index contributed by atoms with van der Waals surface area (Å²) >= 11 is 0. The van der Waals surface area contributed by atoms with Gasteiger partial charge in [-0.25, -0.2) is 18.2 Å². The van der Waals surface area contributed by atoms with Crippen molar-refractivity contribution in [1.29, 1.82) is 0 Å². The van der Waals surface area contributed by atoms with Crippen LogP contribution in [-0.2, 0) is 10.0 Å². The number of anilines is 2. The predicted molar refractivity (Wildman–Crippen MR) is 129 cm³/mol. The Morgan fingerprint density at radius 2 is 1.88 bits per heavy atom. The number of aromatic carboxylic acids is 1. The van der Waals surface area contributed by atoms with Crippen LogP contribution >= 0.6 is 0 Å². The summed E-state index contributed by atoms with van der Waals surface area (Å²) in [5.74, 6) is -0.239. The number of nitrogens with zero attached hydrogens (tertiary/aromatic N) is 3. The van der Waals surface area contributed by atoms with E-state index in [1.807, 2.05) is 18.7 Å². The molecule has 0 spiro atoms. The van der Waals surface area contributed by atoms with Gasteiger partial charge in [-0.05, 0) is 87.9 Å². The van der Waals surface area contributed by atoms with Gasteiger partial charge in [0, 0.05) is 19.6 Å². The topological polar surface area (TPSA) is 103 Å². The van der Waals surface area contributed by atoms with Gasteiger partial charge < -0.3 is 14.9 Å². The molecule has 2 fully saturated rings. The first-order chi connectivity index (χ1) is 15.7. The number of likely N-dealkylation sites (tertiary alicyclic amines) is 1. The van der Waals surface area contributed by atoms with Gasteiger partial charge in [-0.1, -0.05) is 6.07 Å². The van der Waals surface area contributed by atoms with Crippen LogP contribution in [0.15, 0.2) is 35.4 Å². The Balaban J connectivity index is 1.53. The van der Waals surface area contributed by atoms with Crippen LogP contribution in [0.3, 0.4) is 0 Å². The lowest BCUT2D eigenvalue weighted by atomic mass is 9.97. The molecule has 0 saturated carbocycles. The summed E-state index contributed by atoms with van der Waals surface area (Å²) in [5.41, 5.74) is 2.01. The van der Waals surface area contributed by atoms with E-state index in [0.717, 1.165) is 56.7 Å². The molecule has 2 N–H and O–H groups in total. The molecular formula is C24H32N4O4S. The molecule has 4 rings (SSSR count). The highest BCUT2D eigenvalue weighted by Crippen LogP contribution is 2.28. The summed E-state index contributed by atoms with van der Waals surface area (Å²) in [6, 6.07) is 6.26. The average Bonchev–Trinajstić information content (AvgIpc) is 3.28. The minimum atomic E-state index is -3.86. The fourth-order valence-corrected chi connectivity index (χ4v) is 5.87. The van der Waals surface area contributed by atoms with Crippen LogP contribution in [0.1, 0.15) is 47.2 Å². The van der Waals surface area contributed by atoms with Crippen molar-refractivity contribution in [2.45, 2.75) is 44.4 Å². The summed E-state index contributed by atoms with van der Waals surface area (Å²) < 4.78 is 28.2. The maximum atomic E-state index is 12.8. The van der Waals surface area contributed by atoms with Gasteiger partial charge in [-0.3, -0.25) is 4.72 Å². The summed E-state index contributed by atoms with van der Waals surface area (Å²) in [6.07, 6.45) is 6.02. The Hall–Kier alpha value is -2.65. The lowest BCUT2D eigenvalue weighted by molar-refractivity contribution is 0.0697. The quantitative estimate of drug-likeness (QED) is 0.636. The Bertz CT molecular complexity index is 1130. The molecule has 2 saturated heterocycles. The lowest BCUT2D eigenvalue weighted by Gasteiger charge is -2.36. The molecule has 178 valence electrons. The van der Waals surface area contributed by atoms with Gasteiger partial charge in [-0.15, -0.1) is 0 Å². The largest absolute Gasteiger partial charge is 0.478 e. The Labute approximate surface area is 195 Å². The molecule has 0 radical (unpaired) electrons. The first kappa shape index (κ1) is 23.5. The van der Waals surface area contributed by atoms with E-state index in [0.29, 0.717) is 11.7 Å². The number of hydrogen-bond acceptors (Lipinski definition) is 6. The first-order valence-electron chi connectivity index (χ1n) is 11.5. The summed E-state index contributed by atoms with van der Waals surface area (Å²) in [4.78, 5) is 21.1. The van der Waals surface area contributed by atoms with E-state index in [4.69, 9.17) is 0 Å². The van der Waals surface area contributed by atoms with Crippen molar-refractivity contribution >= 4 is 27.5 Å². The zero-order valence-corrected chi connectivity index (χ0v) is 20.1. The second-order valence-corrected chi connectivity index (χ2v) is 10.9. The zero-order chi connectivity index (χ0) is 23.6. The van der Waals surface area contributed by atoms with Crippen molar-refractivity contribution in [2.75, 3.05) is 42.3 Å². The lowest BCUT2D eigenvalue weighted by Crippen LogP contribution is -2.41. The summed E-state index contributed by atoms with van der Waals surface area (Å²) in [5, 5.41) is 9.85. The van der Waals surface area contributed by atoms with E-state index in [-0.39, 0.29) is 16.1 Å². The van der Waals surface area contributed by atoms with Gasteiger partial charge in [0.15, 0.2) is 0 Å². The number of aromatic nitrogens is 1. The fourth-order valence-electron chi connectivity index (χ4n) is 4.75. The standard InChI is InChI=1S/C24H32N4O4S/c1-17-7-8-21(12-18(17)2)33(31,32)26-20-13-22(24(29)30)23(25-14-20)28-11-5-6-19(16-28)15-27-9-3-4-10-27/h7-8,12-14,19,26H,3-6,9-11,15-16H2,1-2H3,(H,29,30). The highest BCUT2D eigenvalue weighted by Gasteiger charge is 2.27. The van der Waals surface area contributed by atoms with Crippen molar-refractivity contribution in [3.8, 4) is 0 Å². The molecule has 1 aromatic carbocycles. The molecule has 2 aromatic rings. The number of nitrogens with one attached hydrogen (secondary N) is 1. The average molecular weight is 473 g/mol. The number of sulfonamides is 1. The Morgan fingerprint density at radius 1 is 1.12 bits per heavy atom. The Kier molecular flexibility index (Phi) is 6.90. The number of piperidine rings is 1. The Morgan fingerprint density at radius 3 is 2.58 bits per heavy atom. The normalized spacial score (nSPS) is 19.6. The monoisotopic (exact) mass is 472 g/mol. The van der Waals surface area contributed by atoms with Gasteiger partial charge >= 0.3 is 5.97 Å². The maximum absolute atomic E-state index is 12.8. The third-order valence-corrected chi connectivity index (χ3v) is 8.05. The van der Waals surface area contributed by atoms with E-state index in [1.165, 1.54) is 25.1 Å². The number of hydrogen-bond donors (Lipinski definition) is 2. The van der Waals surface area contributed by atoms with Gasteiger partial charge in [0.2, 0.25) is 0 Å². The number of carbonyl (C=O) groups is 1. The van der Waals surface area contributed by atoms with Crippen LogP contribution in [-0.4, -0.2) is 62.1 Å². The maximum Gasteiger partial charge on any atom is 0.339 e. The zero-order valence-electron chi connectivity index (χ0n) is 19.2. The molecule has 1 unspecified atom stereocenters. The van der Waals surface area contributed by atoms with Crippen LogP contribution < -0.4 is 9.62 Å². The summed E-state index contributed by atoms with van der Waals surface area (Å²) in [7, 11) is -3.86. The number of pyridine rings is 1. The SMILES string of the molecule is Cc1ccc(S(=O)(=O)Nc2cnc(N3CCCC(CN4CCCC4)C3)c(C(=O)O)c2)cc1C. The molecule has 1 atom stereocenters. The minimum absolute atomic E-state index is 0.0112. The van der Waals surface area contributed by atoms with Gasteiger partial charge in [0.25, 0.3) is 10.0 Å². The molecular weight excluding hydrogens is 440 g/mol. The molecule has 2 aliphatic rings. The molecule has 0 amide bonds. The van der Waals surface area contributed by atoms with Crippen LogP contribution in [0.5, 0.6) is 0 Å². The van der Waals surface area contributed by atoms with Gasteiger partial charge in [-0.2, -0.15) is 0 Å². The summed E-state index contributed by atoms with van der Waals surface area (Å²) in [6.45, 7) is 8.59. The van der Waals surface area contributed by atoms with E-state index < -0.39 is 16.0 Å². The van der Waals surface area contributed by atoms with Crippen molar-refractivity contribution in [3.05, 3.63) is 47.2 Å². The first-order valence-corrected chi connectivity index (χ1v) is 13.0. The number of carboxylic acid groups (broad SMARTS) is 1. The number of carboxylic acids is 1. The van der Waals surface area contributed by atoms with E-state index in [2.05, 4.69) is 14.6 Å². The number of benzene rings is 1. The fraction of sp³-hybridized carbons (Fsp3) is 0.500. The van der Waals surface area contributed by atoms with Crippen molar-refractivity contribution in [3.63, 3.8) is 0 Å². The van der Waals surface area contributed by atoms with E-state index in [1.54, 1.807) is 18.2 Å². The smallest absolute Gasteiger partial charge is 0.339 e. The van der Waals surface area contributed by atoms with Gasteiger partial charge in [0.1, 0.15) is 11.4 Å². The number of rotatable bonds is 7. The van der Waals surface area contributed by atoms with Crippen molar-refractivity contribution in [2.24, 2.45) is 5.92 Å². The highest BCUT2D eigenvalue weighted by atomic mass is 32.2. The second kappa shape index (κ2) is 9.69. The second-order valence-electron chi connectivity index (χ2n) is 9.21. The molecule has 0 bridgehead atoms. The third kappa shape index (κ3) is 5.47. The third-order valence-electron chi connectivity index (χ3n) is 6.67. The molecule has 9 heteroatoms. The molecule has 33 heavy (non-hydrogen) atoms. The van der Waals surface area contributed by atoms with Crippen molar-refractivity contribution in [1.82, 2.24) is 9.88 Å². The van der Waals surface area contributed by atoms with Crippen LogP contribution in [0.25, 0.3) is 0 Å². The van der Waals surface area contributed by atoms with E-state index >= 15 is 0 Å². The molecule has 3 heterocycles. The van der Waals surface area contributed by atoms with Crippen LogP contribution in [0.4, 0.5) is 11.5 Å². The highest BCUT2D eigenvalue weighted by molar-refractivity contribution is 7.92. The van der Waals surface area contributed by atoms with Crippen LogP contribution in [0.2, 0.25) is 0 Å². The predicted octanol–water partition coefficient (Wildman–Crippen LogP) is 3.51. The molecule has 0 aliphatic carbocycles. The molecule has 8 nitrogen and oxygen atoms in total.